The normalized spacial score (nSPS) is 12.0. The van der Waals surface area contributed by atoms with Crippen molar-refractivity contribution in [3.8, 4) is 11.4 Å². The monoisotopic (exact) mass is 537 g/mol. The highest BCUT2D eigenvalue weighted by molar-refractivity contribution is 14.1. The minimum atomic E-state index is -0.390. The molecule has 0 fully saturated rings. The average molecular weight is 537 g/mol. The van der Waals surface area contributed by atoms with E-state index in [1.807, 2.05) is 57.2 Å². The second kappa shape index (κ2) is 9.82. The van der Waals surface area contributed by atoms with Crippen molar-refractivity contribution >= 4 is 51.2 Å². The zero-order valence-corrected chi connectivity index (χ0v) is 20.4. The average Bonchev–Trinajstić information content (AvgIpc) is 2.75. The second-order valence-corrected chi connectivity index (χ2v) is 9.19. The van der Waals surface area contributed by atoms with Crippen molar-refractivity contribution in [1.29, 1.82) is 0 Å². The topological polar surface area (TPSA) is 64.4 Å². The quantitative estimate of drug-likeness (QED) is 0.255. The Morgan fingerprint density at radius 2 is 1.93 bits per heavy atom. The smallest absolute Gasteiger partial charge is 0.266 e. The number of carbonyl (C=O) groups excluding carboxylic acids is 1. The first-order valence-corrected chi connectivity index (χ1v) is 11.7. The van der Waals surface area contributed by atoms with E-state index in [-0.39, 0.29) is 16.7 Å². The first kappa shape index (κ1) is 22.6. The molecular formula is C22H24IN3O3S. The third kappa shape index (κ3) is 4.49. The Morgan fingerprint density at radius 1 is 1.23 bits per heavy atom. The number of rotatable bonds is 7. The van der Waals surface area contributed by atoms with Crippen LogP contribution in [0.3, 0.4) is 0 Å². The van der Waals surface area contributed by atoms with Crippen molar-refractivity contribution in [2.75, 3.05) is 20.2 Å². The minimum absolute atomic E-state index is 0.0218. The van der Waals surface area contributed by atoms with Crippen LogP contribution < -0.4 is 10.3 Å². The molecule has 1 heterocycles. The van der Waals surface area contributed by atoms with Gasteiger partial charge in [0.05, 0.1) is 29.0 Å². The molecule has 0 aliphatic heterocycles. The number of benzene rings is 2. The van der Waals surface area contributed by atoms with Gasteiger partial charge in [-0.05, 0) is 73.7 Å². The minimum Gasteiger partial charge on any atom is -0.495 e. The Morgan fingerprint density at radius 3 is 2.60 bits per heavy atom. The van der Waals surface area contributed by atoms with Crippen LogP contribution in [0.2, 0.25) is 0 Å². The van der Waals surface area contributed by atoms with Crippen LogP contribution in [-0.4, -0.2) is 45.8 Å². The van der Waals surface area contributed by atoms with Gasteiger partial charge < -0.3 is 9.64 Å². The van der Waals surface area contributed by atoms with Crippen molar-refractivity contribution in [1.82, 2.24) is 14.5 Å². The van der Waals surface area contributed by atoms with E-state index in [0.717, 1.165) is 3.57 Å². The largest absolute Gasteiger partial charge is 0.495 e. The molecule has 0 N–H and O–H groups in total. The summed E-state index contributed by atoms with van der Waals surface area (Å²) in [4.78, 5) is 32.9. The van der Waals surface area contributed by atoms with Gasteiger partial charge in [-0.25, -0.2) is 4.98 Å². The molecular weight excluding hydrogens is 513 g/mol. The molecule has 0 spiro atoms. The number of amides is 1. The van der Waals surface area contributed by atoms with Gasteiger partial charge in [0, 0.05) is 16.7 Å². The third-order valence-corrected chi connectivity index (χ3v) is 6.54. The van der Waals surface area contributed by atoms with Crippen LogP contribution in [0, 0.1) is 3.57 Å². The fourth-order valence-electron chi connectivity index (χ4n) is 3.24. The van der Waals surface area contributed by atoms with Crippen molar-refractivity contribution in [3.63, 3.8) is 0 Å². The van der Waals surface area contributed by atoms with E-state index in [4.69, 9.17) is 9.72 Å². The highest BCUT2D eigenvalue weighted by atomic mass is 127. The molecule has 3 rings (SSSR count). The lowest BCUT2D eigenvalue weighted by molar-refractivity contribution is -0.129. The number of thioether (sulfide) groups is 1. The van der Waals surface area contributed by atoms with Crippen molar-refractivity contribution in [2.24, 2.45) is 0 Å². The Hall–Kier alpha value is -2.07. The lowest BCUT2D eigenvalue weighted by atomic mass is 10.2. The summed E-state index contributed by atoms with van der Waals surface area (Å²) in [6, 6.07) is 12.9. The maximum Gasteiger partial charge on any atom is 0.266 e. The number of nitrogens with zero attached hydrogens (tertiary/aromatic N) is 3. The molecule has 1 amide bonds. The Labute approximate surface area is 193 Å². The summed E-state index contributed by atoms with van der Waals surface area (Å²) >= 11 is 3.47. The van der Waals surface area contributed by atoms with Crippen molar-refractivity contribution in [3.05, 3.63) is 56.4 Å². The summed E-state index contributed by atoms with van der Waals surface area (Å²) in [5, 5.41) is 0.602. The zero-order valence-electron chi connectivity index (χ0n) is 17.4. The van der Waals surface area contributed by atoms with Crippen LogP contribution in [0.5, 0.6) is 5.75 Å². The third-order valence-electron chi connectivity index (χ3n) is 4.83. The van der Waals surface area contributed by atoms with Crippen LogP contribution in [0.1, 0.15) is 20.8 Å². The lowest BCUT2D eigenvalue weighted by Crippen LogP contribution is -2.36. The predicted octanol–water partition coefficient (Wildman–Crippen LogP) is 4.35. The molecule has 0 saturated heterocycles. The summed E-state index contributed by atoms with van der Waals surface area (Å²) in [7, 11) is 1.57. The Kier molecular flexibility index (Phi) is 7.41. The van der Waals surface area contributed by atoms with E-state index in [1.54, 1.807) is 22.6 Å². The van der Waals surface area contributed by atoms with E-state index >= 15 is 0 Å². The highest BCUT2D eigenvalue weighted by Crippen LogP contribution is 2.30. The van der Waals surface area contributed by atoms with Gasteiger partial charge in [-0.2, -0.15) is 0 Å². The molecule has 0 bridgehead atoms. The fraction of sp³-hybridized carbons (Fsp3) is 0.318. The molecule has 8 heteroatoms. The fourth-order valence-corrected chi connectivity index (χ4v) is 4.74. The predicted molar refractivity (Wildman–Crippen MR) is 130 cm³/mol. The molecule has 0 unspecified atom stereocenters. The van der Waals surface area contributed by atoms with E-state index < -0.39 is 0 Å². The number of fused-ring (bicyclic) bond motifs is 1. The van der Waals surface area contributed by atoms with E-state index in [0.29, 0.717) is 40.6 Å². The number of aromatic nitrogens is 2. The maximum absolute atomic E-state index is 13.5. The van der Waals surface area contributed by atoms with Crippen LogP contribution in [0.25, 0.3) is 16.6 Å². The molecule has 1 atom stereocenters. The summed E-state index contributed by atoms with van der Waals surface area (Å²) in [5.41, 5.74) is 1.02. The number of halogens is 1. The highest BCUT2D eigenvalue weighted by Gasteiger charge is 2.24. The van der Waals surface area contributed by atoms with Crippen LogP contribution in [-0.2, 0) is 4.79 Å². The first-order valence-electron chi connectivity index (χ1n) is 9.72. The van der Waals surface area contributed by atoms with Crippen LogP contribution in [0.15, 0.2) is 52.4 Å². The van der Waals surface area contributed by atoms with Gasteiger partial charge in [-0.3, -0.25) is 14.2 Å². The first-order chi connectivity index (χ1) is 14.4. The van der Waals surface area contributed by atoms with Gasteiger partial charge in [0.25, 0.3) is 5.56 Å². The molecule has 2 aromatic carbocycles. The summed E-state index contributed by atoms with van der Waals surface area (Å²) in [6.45, 7) is 7.05. The van der Waals surface area contributed by atoms with E-state index in [1.165, 1.54) is 11.8 Å². The van der Waals surface area contributed by atoms with Crippen molar-refractivity contribution < 1.29 is 9.53 Å². The molecule has 1 aromatic heterocycles. The lowest BCUT2D eigenvalue weighted by Gasteiger charge is -2.23. The Balaban J connectivity index is 2.21. The zero-order chi connectivity index (χ0) is 21.8. The van der Waals surface area contributed by atoms with E-state index in [9.17, 15) is 9.59 Å². The standard InChI is InChI=1S/C22H24IN3O3S/c1-5-25(6-2)20(27)14(3)30-22-24-17-12-11-15(23)13-16(17)21(28)26(22)18-9-7-8-10-19(18)29-4/h7-14H,5-6H2,1-4H3/t14-/m0/s1. The number of hydrogen-bond donors (Lipinski definition) is 0. The molecule has 158 valence electrons. The maximum atomic E-state index is 13.5. The Bertz CT molecular complexity index is 1130. The molecule has 6 nitrogen and oxygen atoms in total. The molecule has 0 radical (unpaired) electrons. The summed E-state index contributed by atoms with van der Waals surface area (Å²) < 4.78 is 8.00. The number of para-hydroxylation sites is 2. The molecule has 30 heavy (non-hydrogen) atoms. The second-order valence-electron chi connectivity index (χ2n) is 6.64. The SMILES string of the molecule is CCN(CC)C(=O)[C@H](C)Sc1nc2ccc(I)cc2c(=O)n1-c1ccccc1OC. The number of methoxy groups -OCH3 is 1. The van der Waals surface area contributed by atoms with Gasteiger partial charge in [-0.15, -0.1) is 0 Å². The molecule has 0 aliphatic rings. The van der Waals surface area contributed by atoms with Crippen LogP contribution in [0.4, 0.5) is 0 Å². The van der Waals surface area contributed by atoms with Crippen LogP contribution >= 0.6 is 34.4 Å². The van der Waals surface area contributed by atoms with Gasteiger partial charge in [0.2, 0.25) is 5.91 Å². The summed E-state index contributed by atoms with van der Waals surface area (Å²) in [5.74, 6) is 0.587. The summed E-state index contributed by atoms with van der Waals surface area (Å²) in [6.07, 6.45) is 0. The number of ether oxygens (including phenoxy) is 1. The van der Waals surface area contributed by atoms with Gasteiger partial charge >= 0.3 is 0 Å². The van der Waals surface area contributed by atoms with E-state index in [2.05, 4.69) is 22.6 Å². The van der Waals surface area contributed by atoms with Gasteiger partial charge in [0.15, 0.2) is 5.16 Å². The molecule has 3 aromatic rings. The number of hydrogen-bond acceptors (Lipinski definition) is 5. The number of carbonyl (C=O) groups is 1. The van der Waals surface area contributed by atoms with Gasteiger partial charge in [-0.1, -0.05) is 23.9 Å². The molecule has 0 aliphatic carbocycles. The van der Waals surface area contributed by atoms with Gasteiger partial charge in [0.1, 0.15) is 5.75 Å². The molecule has 0 saturated carbocycles. The van der Waals surface area contributed by atoms with Crippen molar-refractivity contribution in [2.45, 2.75) is 31.2 Å².